The first kappa shape index (κ1) is 23.6. The zero-order chi connectivity index (χ0) is 25.1. The lowest BCUT2D eigenvalue weighted by molar-refractivity contribution is -0.121. The van der Waals surface area contributed by atoms with E-state index in [9.17, 15) is 14.7 Å². The molecular weight excluding hydrogens is 450 g/mol. The van der Waals surface area contributed by atoms with Crippen LogP contribution in [0.4, 0.5) is 10.5 Å². The SMILES string of the molecule is N[C@@H]1C[C@H]1c1ccc(NC(=O)C(Cc2ccc3ccccc3c2)N(Cc2ccccc2)C(=O)O)cc1. The van der Waals surface area contributed by atoms with Crippen molar-refractivity contribution in [2.24, 2.45) is 5.73 Å². The van der Waals surface area contributed by atoms with Crippen LogP contribution in [0.3, 0.4) is 0 Å². The van der Waals surface area contributed by atoms with Gasteiger partial charge in [-0.2, -0.15) is 0 Å². The Morgan fingerprint density at radius 1 is 0.889 bits per heavy atom. The Hall–Kier alpha value is -4.16. The highest BCUT2D eigenvalue weighted by atomic mass is 16.4. The number of carboxylic acid groups (broad SMARTS) is 1. The number of nitrogens with one attached hydrogen (secondary N) is 1. The summed E-state index contributed by atoms with van der Waals surface area (Å²) in [7, 11) is 0. The van der Waals surface area contributed by atoms with Gasteiger partial charge < -0.3 is 16.2 Å². The number of amides is 2. The number of fused-ring (bicyclic) bond motifs is 1. The van der Waals surface area contributed by atoms with Crippen LogP contribution in [0, 0.1) is 0 Å². The van der Waals surface area contributed by atoms with E-state index in [2.05, 4.69) is 5.32 Å². The maximum atomic E-state index is 13.6. The largest absolute Gasteiger partial charge is 0.465 e. The summed E-state index contributed by atoms with van der Waals surface area (Å²) in [5.74, 6) is 0.0149. The molecule has 1 saturated carbocycles. The minimum absolute atomic E-state index is 0.111. The van der Waals surface area contributed by atoms with Crippen LogP contribution in [0.1, 0.15) is 29.0 Å². The molecule has 0 bridgehead atoms. The van der Waals surface area contributed by atoms with Crippen molar-refractivity contribution in [1.29, 1.82) is 0 Å². The Morgan fingerprint density at radius 2 is 1.56 bits per heavy atom. The summed E-state index contributed by atoms with van der Waals surface area (Å²) in [5.41, 5.74) is 9.46. The van der Waals surface area contributed by atoms with Crippen LogP contribution in [0.15, 0.2) is 97.1 Å². The normalized spacial score (nSPS) is 17.4. The Kier molecular flexibility index (Phi) is 6.69. The van der Waals surface area contributed by atoms with E-state index in [1.54, 1.807) is 0 Å². The minimum Gasteiger partial charge on any atom is -0.465 e. The minimum atomic E-state index is -1.14. The second-order valence-corrected chi connectivity index (χ2v) is 9.41. The van der Waals surface area contributed by atoms with Gasteiger partial charge in [-0.1, -0.05) is 84.9 Å². The van der Waals surface area contributed by atoms with Crippen molar-refractivity contribution in [2.45, 2.75) is 37.4 Å². The first-order valence-corrected chi connectivity index (χ1v) is 12.2. The molecule has 0 aromatic heterocycles. The van der Waals surface area contributed by atoms with Gasteiger partial charge in [-0.05, 0) is 46.0 Å². The van der Waals surface area contributed by atoms with Crippen molar-refractivity contribution in [2.75, 3.05) is 5.32 Å². The third-order valence-electron chi connectivity index (χ3n) is 6.81. The fourth-order valence-electron chi connectivity index (χ4n) is 4.66. The highest BCUT2D eigenvalue weighted by Gasteiger charge is 2.35. The molecule has 1 aliphatic rings. The van der Waals surface area contributed by atoms with Crippen LogP contribution in [0.5, 0.6) is 0 Å². The molecule has 6 heteroatoms. The summed E-state index contributed by atoms with van der Waals surface area (Å²) in [5, 5.41) is 15.2. The molecule has 5 rings (SSSR count). The number of nitrogens with zero attached hydrogens (tertiary/aromatic N) is 1. The zero-order valence-electron chi connectivity index (χ0n) is 19.9. The lowest BCUT2D eigenvalue weighted by Gasteiger charge is -2.29. The topological polar surface area (TPSA) is 95.7 Å². The average molecular weight is 480 g/mol. The molecule has 0 spiro atoms. The van der Waals surface area contributed by atoms with E-state index < -0.39 is 12.1 Å². The monoisotopic (exact) mass is 479 g/mol. The number of benzene rings is 4. The number of nitrogens with two attached hydrogens (primary N) is 1. The maximum absolute atomic E-state index is 13.6. The van der Waals surface area contributed by atoms with E-state index >= 15 is 0 Å². The fourth-order valence-corrected chi connectivity index (χ4v) is 4.66. The van der Waals surface area contributed by atoms with Crippen molar-refractivity contribution in [3.8, 4) is 0 Å². The highest BCUT2D eigenvalue weighted by molar-refractivity contribution is 5.96. The van der Waals surface area contributed by atoms with Gasteiger partial charge in [0.15, 0.2) is 0 Å². The van der Waals surface area contributed by atoms with Crippen LogP contribution in [-0.4, -0.2) is 34.1 Å². The molecule has 4 aromatic carbocycles. The van der Waals surface area contributed by atoms with E-state index in [0.29, 0.717) is 11.6 Å². The number of anilines is 1. The molecule has 4 N–H and O–H groups in total. The summed E-state index contributed by atoms with van der Waals surface area (Å²) in [6.45, 7) is 0.111. The number of hydrogen-bond acceptors (Lipinski definition) is 3. The first-order valence-electron chi connectivity index (χ1n) is 12.2. The number of rotatable bonds is 8. The van der Waals surface area contributed by atoms with Crippen LogP contribution in [-0.2, 0) is 17.8 Å². The van der Waals surface area contributed by atoms with Crippen molar-refractivity contribution in [1.82, 2.24) is 4.90 Å². The van der Waals surface area contributed by atoms with Crippen LogP contribution >= 0.6 is 0 Å². The molecule has 1 unspecified atom stereocenters. The summed E-state index contributed by atoms with van der Waals surface area (Å²) >= 11 is 0. The summed E-state index contributed by atoms with van der Waals surface area (Å²) in [6.07, 6.45) is 0.0927. The smallest absolute Gasteiger partial charge is 0.408 e. The van der Waals surface area contributed by atoms with Crippen molar-refractivity contribution in [3.63, 3.8) is 0 Å². The summed E-state index contributed by atoms with van der Waals surface area (Å²) in [4.78, 5) is 27.2. The van der Waals surface area contributed by atoms with Crippen molar-refractivity contribution in [3.05, 3.63) is 114 Å². The van der Waals surface area contributed by atoms with Crippen molar-refractivity contribution >= 4 is 28.5 Å². The molecular formula is C30H29N3O3. The predicted molar refractivity (Wildman–Crippen MR) is 142 cm³/mol. The Balaban J connectivity index is 1.42. The van der Waals surface area contributed by atoms with Gasteiger partial charge in [0.25, 0.3) is 0 Å². The molecule has 6 nitrogen and oxygen atoms in total. The first-order chi connectivity index (χ1) is 17.5. The van der Waals surface area contributed by atoms with Gasteiger partial charge in [-0.3, -0.25) is 9.69 Å². The van der Waals surface area contributed by atoms with Crippen molar-refractivity contribution < 1.29 is 14.7 Å². The summed E-state index contributed by atoms with van der Waals surface area (Å²) in [6, 6.07) is 30.3. The van der Waals surface area contributed by atoms with Gasteiger partial charge in [0, 0.05) is 30.6 Å². The number of carbonyl (C=O) groups excluding carboxylic acids is 1. The molecule has 0 aliphatic heterocycles. The second-order valence-electron chi connectivity index (χ2n) is 9.41. The summed E-state index contributed by atoms with van der Waals surface area (Å²) < 4.78 is 0. The Morgan fingerprint density at radius 3 is 2.22 bits per heavy atom. The second kappa shape index (κ2) is 10.2. The molecule has 4 aromatic rings. The molecule has 0 radical (unpaired) electrons. The van der Waals surface area contributed by atoms with Gasteiger partial charge in [0.05, 0.1) is 0 Å². The third kappa shape index (κ3) is 5.39. The lowest BCUT2D eigenvalue weighted by atomic mass is 9.99. The molecule has 0 saturated heterocycles. The lowest BCUT2D eigenvalue weighted by Crippen LogP contribution is -2.47. The predicted octanol–water partition coefficient (Wildman–Crippen LogP) is 5.38. The fraction of sp³-hybridized carbons (Fsp3) is 0.200. The van der Waals surface area contributed by atoms with Gasteiger partial charge in [-0.25, -0.2) is 4.79 Å². The molecule has 36 heavy (non-hydrogen) atoms. The quantitative estimate of drug-likeness (QED) is 0.316. The van der Waals surface area contributed by atoms with Crippen LogP contribution in [0.2, 0.25) is 0 Å². The molecule has 182 valence electrons. The third-order valence-corrected chi connectivity index (χ3v) is 6.81. The Labute approximate surface area is 210 Å². The van der Waals surface area contributed by atoms with E-state index in [1.165, 1.54) is 4.90 Å². The Bertz CT molecular complexity index is 1370. The molecule has 3 atom stereocenters. The van der Waals surface area contributed by atoms with E-state index in [1.807, 2.05) is 97.1 Å². The molecule has 1 fully saturated rings. The number of carbonyl (C=O) groups is 2. The average Bonchev–Trinajstić information content (AvgIpc) is 3.63. The molecule has 1 aliphatic carbocycles. The standard InChI is InChI=1S/C30H29N3O3/c31-27-18-26(27)23-12-14-25(15-13-23)32-29(34)28(33(30(35)36)19-20-6-2-1-3-7-20)17-21-10-11-22-8-4-5-9-24(22)16-21/h1-16,26-28H,17-19,31H2,(H,32,34)(H,35,36)/t26-,27+,28?/m0/s1. The van der Waals surface area contributed by atoms with Crippen LogP contribution in [0.25, 0.3) is 10.8 Å². The van der Waals surface area contributed by atoms with Gasteiger partial charge >= 0.3 is 6.09 Å². The molecule has 0 heterocycles. The van der Waals surface area contributed by atoms with E-state index in [0.717, 1.165) is 33.9 Å². The highest BCUT2D eigenvalue weighted by Crippen LogP contribution is 2.39. The van der Waals surface area contributed by atoms with Gasteiger partial charge in [0.2, 0.25) is 5.91 Å². The van der Waals surface area contributed by atoms with Gasteiger partial charge in [0.1, 0.15) is 6.04 Å². The number of hydrogen-bond donors (Lipinski definition) is 3. The van der Waals surface area contributed by atoms with E-state index in [4.69, 9.17) is 5.73 Å². The van der Waals surface area contributed by atoms with Crippen LogP contribution < -0.4 is 11.1 Å². The van der Waals surface area contributed by atoms with E-state index in [-0.39, 0.29) is 24.9 Å². The zero-order valence-corrected chi connectivity index (χ0v) is 19.9. The van der Waals surface area contributed by atoms with Gasteiger partial charge in [-0.15, -0.1) is 0 Å². The molecule has 2 amide bonds. The maximum Gasteiger partial charge on any atom is 0.408 e.